The summed E-state index contributed by atoms with van der Waals surface area (Å²) in [5, 5.41) is 0. The van der Waals surface area contributed by atoms with E-state index in [1.54, 1.807) is 6.07 Å². The molecular weight excluding hydrogens is 249 g/mol. The lowest BCUT2D eigenvalue weighted by Crippen LogP contribution is -2.33. The highest BCUT2D eigenvalue weighted by Gasteiger charge is 2.31. The van der Waals surface area contributed by atoms with Crippen LogP contribution < -0.4 is 10.5 Å². The van der Waals surface area contributed by atoms with E-state index in [4.69, 9.17) is 15.2 Å². The maximum atomic E-state index is 13.7. The highest BCUT2D eigenvalue weighted by molar-refractivity contribution is 5.73. The van der Waals surface area contributed by atoms with Crippen molar-refractivity contribution >= 4 is 5.97 Å². The van der Waals surface area contributed by atoms with Crippen LogP contribution in [-0.4, -0.2) is 20.2 Å². The molecule has 4 nitrogen and oxygen atoms in total. The lowest BCUT2D eigenvalue weighted by Gasteiger charge is -2.25. The first kappa shape index (κ1) is 15.4. The molecule has 5 heteroatoms. The first-order chi connectivity index (χ1) is 8.92. The molecule has 0 bridgehead atoms. The Kier molecular flexibility index (Phi) is 5.30. The van der Waals surface area contributed by atoms with Crippen LogP contribution in [0.4, 0.5) is 4.39 Å². The number of benzene rings is 1. The minimum Gasteiger partial charge on any atom is -0.494 e. The molecule has 0 amide bonds. The van der Waals surface area contributed by atoms with Gasteiger partial charge >= 0.3 is 5.97 Å². The van der Waals surface area contributed by atoms with E-state index >= 15 is 0 Å². The Labute approximate surface area is 112 Å². The molecule has 1 aromatic rings. The monoisotopic (exact) mass is 269 g/mol. The molecule has 0 aliphatic heterocycles. The Hall–Kier alpha value is -1.62. The highest BCUT2D eigenvalue weighted by Crippen LogP contribution is 2.29. The van der Waals surface area contributed by atoms with E-state index in [0.717, 1.165) is 0 Å². The summed E-state index contributed by atoms with van der Waals surface area (Å²) in [5.74, 6) is -1.26. The van der Waals surface area contributed by atoms with Crippen molar-refractivity contribution in [2.45, 2.75) is 19.9 Å². The van der Waals surface area contributed by atoms with E-state index in [0.29, 0.717) is 5.56 Å². The molecule has 0 heterocycles. The molecule has 106 valence electrons. The molecule has 0 aliphatic carbocycles. The zero-order chi connectivity index (χ0) is 14.6. The number of carbonyl (C=O) groups is 1. The zero-order valence-electron chi connectivity index (χ0n) is 11.6. The number of nitrogens with two attached hydrogens (primary N) is 1. The summed E-state index contributed by atoms with van der Waals surface area (Å²) in [6, 6.07) is 3.83. The smallest absolute Gasteiger partial charge is 0.310 e. The third-order valence-corrected chi connectivity index (χ3v) is 3.14. The molecule has 1 aromatic carbocycles. The normalized spacial score (nSPS) is 14.1. The molecule has 0 aliphatic rings. The molecule has 0 saturated heterocycles. The van der Waals surface area contributed by atoms with Gasteiger partial charge in [-0.1, -0.05) is 19.9 Å². The predicted molar refractivity (Wildman–Crippen MR) is 70.2 cm³/mol. The molecule has 0 fully saturated rings. The average molecular weight is 269 g/mol. The maximum absolute atomic E-state index is 13.7. The minimum atomic E-state index is -0.618. The van der Waals surface area contributed by atoms with Crippen molar-refractivity contribution in [2.24, 2.45) is 17.6 Å². The van der Waals surface area contributed by atoms with Gasteiger partial charge in [-0.3, -0.25) is 4.79 Å². The Bertz CT molecular complexity index is 448. The maximum Gasteiger partial charge on any atom is 0.310 e. The van der Waals surface area contributed by atoms with Crippen LogP contribution in [0.15, 0.2) is 18.2 Å². The summed E-state index contributed by atoms with van der Waals surface area (Å²) in [5.41, 5.74) is 6.61. The lowest BCUT2D eigenvalue weighted by molar-refractivity contribution is -0.147. The topological polar surface area (TPSA) is 61.5 Å². The lowest BCUT2D eigenvalue weighted by atomic mass is 9.85. The van der Waals surface area contributed by atoms with Crippen molar-refractivity contribution in [1.29, 1.82) is 0 Å². The van der Waals surface area contributed by atoms with Crippen molar-refractivity contribution in [3.05, 3.63) is 29.6 Å². The Balaban J connectivity index is 3.06. The number of carbonyl (C=O) groups excluding carboxylic acids is 1. The van der Waals surface area contributed by atoms with Crippen LogP contribution in [0.1, 0.15) is 25.5 Å². The van der Waals surface area contributed by atoms with Gasteiger partial charge in [0.1, 0.15) is 0 Å². The highest BCUT2D eigenvalue weighted by atomic mass is 19.1. The van der Waals surface area contributed by atoms with Gasteiger partial charge in [-0.2, -0.15) is 0 Å². The second kappa shape index (κ2) is 6.52. The summed E-state index contributed by atoms with van der Waals surface area (Å²) in [6.45, 7) is 3.75. The van der Waals surface area contributed by atoms with Crippen LogP contribution >= 0.6 is 0 Å². The van der Waals surface area contributed by atoms with Gasteiger partial charge in [0.25, 0.3) is 0 Å². The summed E-state index contributed by atoms with van der Waals surface area (Å²) < 4.78 is 23.3. The molecular formula is C14H20FNO3. The van der Waals surface area contributed by atoms with E-state index < -0.39 is 23.7 Å². The fourth-order valence-electron chi connectivity index (χ4n) is 2.07. The van der Waals surface area contributed by atoms with Crippen LogP contribution in [0, 0.1) is 17.7 Å². The van der Waals surface area contributed by atoms with Crippen molar-refractivity contribution in [2.75, 3.05) is 14.2 Å². The fraction of sp³-hybridized carbons (Fsp3) is 0.500. The number of hydrogen-bond acceptors (Lipinski definition) is 4. The summed E-state index contributed by atoms with van der Waals surface area (Å²) in [6.07, 6.45) is 0. The molecule has 2 N–H and O–H groups in total. The van der Waals surface area contributed by atoms with Crippen LogP contribution in [-0.2, 0) is 9.53 Å². The molecule has 0 saturated carbocycles. The van der Waals surface area contributed by atoms with Gasteiger partial charge in [0.2, 0.25) is 0 Å². The molecule has 0 aromatic heterocycles. The van der Waals surface area contributed by atoms with Gasteiger partial charge in [0.05, 0.1) is 20.1 Å². The third-order valence-electron chi connectivity index (χ3n) is 3.14. The average Bonchev–Trinajstić information content (AvgIpc) is 2.37. The molecule has 2 atom stereocenters. The number of methoxy groups -OCH3 is 2. The SMILES string of the molecule is COC(=O)C(C(C)C)C(N)c1ccc(OC)c(F)c1. The third kappa shape index (κ3) is 3.44. The molecule has 2 unspecified atom stereocenters. The summed E-state index contributed by atoms with van der Waals surface area (Å²) in [4.78, 5) is 11.8. The Morgan fingerprint density at radius 2 is 1.95 bits per heavy atom. The van der Waals surface area contributed by atoms with Gasteiger partial charge in [-0.25, -0.2) is 4.39 Å². The zero-order valence-corrected chi connectivity index (χ0v) is 11.6. The quantitative estimate of drug-likeness (QED) is 0.833. The van der Waals surface area contributed by atoms with Crippen molar-refractivity contribution < 1.29 is 18.7 Å². The largest absolute Gasteiger partial charge is 0.494 e. The van der Waals surface area contributed by atoms with E-state index in [9.17, 15) is 9.18 Å². The molecule has 0 radical (unpaired) electrons. The standard InChI is InChI=1S/C14H20FNO3/c1-8(2)12(14(17)19-4)13(16)9-5-6-11(18-3)10(15)7-9/h5-8,12-13H,16H2,1-4H3. The van der Waals surface area contributed by atoms with Crippen LogP contribution in [0.2, 0.25) is 0 Å². The molecule has 1 rings (SSSR count). The van der Waals surface area contributed by atoms with Crippen LogP contribution in [0.25, 0.3) is 0 Å². The minimum absolute atomic E-state index is 0.00684. The number of halogens is 1. The number of rotatable bonds is 5. The Morgan fingerprint density at radius 1 is 1.32 bits per heavy atom. The van der Waals surface area contributed by atoms with E-state index in [1.807, 2.05) is 13.8 Å². The number of ether oxygens (including phenoxy) is 2. The number of esters is 1. The van der Waals surface area contributed by atoms with Crippen LogP contribution in [0.5, 0.6) is 5.75 Å². The first-order valence-electron chi connectivity index (χ1n) is 6.09. The fourth-order valence-corrected chi connectivity index (χ4v) is 2.07. The predicted octanol–water partition coefficient (Wildman–Crippen LogP) is 2.28. The van der Waals surface area contributed by atoms with E-state index in [-0.39, 0.29) is 11.7 Å². The summed E-state index contributed by atoms with van der Waals surface area (Å²) >= 11 is 0. The van der Waals surface area contributed by atoms with Gasteiger partial charge in [-0.05, 0) is 23.6 Å². The first-order valence-corrected chi connectivity index (χ1v) is 6.09. The van der Waals surface area contributed by atoms with Crippen molar-refractivity contribution in [1.82, 2.24) is 0 Å². The summed E-state index contributed by atoms with van der Waals surface area (Å²) in [7, 11) is 2.71. The van der Waals surface area contributed by atoms with Gasteiger partial charge in [0.15, 0.2) is 11.6 Å². The second-order valence-corrected chi connectivity index (χ2v) is 4.71. The van der Waals surface area contributed by atoms with E-state index in [1.165, 1.54) is 26.4 Å². The van der Waals surface area contributed by atoms with Crippen molar-refractivity contribution in [3.63, 3.8) is 0 Å². The number of hydrogen-bond donors (Lipinski definition) is 1. The second-order valence-electron chi connectivity index (χ2n) is 4.71. The van der Waals surface area contributed by atoms with Gasteiger partial charge in [0, 0.05) is 6.04 Å². The van der Waals surface area contributed by atoms with Crippen molar-refractivity contribution in [3.8, 4) is 5.75 Å². The van der Waals surface area contributed by atoms with Gasteiger partial charge in [-0.15, -0.1) is 0 Å². The van der Waals surface area contributed by atoms with Crippen LogP contribution in [0.3, 0.4) is 0 Å². The van der Waals surface area contributed by atoms with Gasteiger partial charge < -0.3 is 15.2 Å². The molecule has 0 spiro atoms. The van der Waals surface area contributed by atoms with E-state index in [2.05, 4.69) is 0 Å². The molecule has 19 heavy (non-hydrogen) atoms. The Morgan fingerprint density at radius 3 is 2.37 bits per heavy atom.